The van der Waals surface area contributed by atoms with Gasteiger partial charge in [-0.25, -0.2) is 0 Å². The van der Waals surface area contributed by atoms with Crippen LogP contribution in [0.4, 0.5) is 0 Å². The van der Waals surface area contributed by atoms with Crippen molar-refractivity contribution < 1.29 is 87.1 Å². The molecule has 49 heavy (non-hydrogen) atoms. The number of phosphoric ester groups is 1. The first-order valence-corrected chi connectivity index (χ1v) is 18.1. The van der Waals surface area contributed by atoms with Gasteiger partial charge in [-0.15, -0.1) is 0 Å². The summed E-state index contributed by atoms with van der Waals surface area (Å²) in [4.78, 5) is 96.0. The molecule has 0 aromatic carbocycles. The van der Waals surface area contributed by atoms with Crippen LogP contribution in [0.2, 0.25) is 0 Å². The molecule has 0 aliphatic carbocycles. The van der Waals surface area contributed by atoms with E-state index in [0.717, 1.165) is 11.5 Å². The molecule has 0 fully saturated rings. The van der Waals surface area contributed by atoms with Crippen LogP contribution in [0.15, 0.2) is 0 Å². The smallest absolute Gasteiger partial charge is 0.790 e. The molecule has 0 saturated carbocycles. The van der Waals surface area contributed by atoms with Gasteiger partial charge in [-0.3, -0.25) is 28.8 Å². The minimum atomic E-state index is -4.98. The number of hydrogen-bond acceptors (Lipinski definition) is 13. The van der Waals surface area contributed by atoms with Crippen molar-refractivity contribution in [2.75, 3.05) is 52.3 Å². The topological polar surface area (TPSA) is 275 Å². The van der Waals surface area contributed by atoms with E-state index in [2.05, 4.69) is 31.1 Å². The van der Waals surface area contributed by atoms with Crippen LogP contribution < -0.4 is 71.0 Å². The van der Waals surface area contributed by atoms with E-state index in [-0.39, 0.29) is 104 Å². The molecule has 5 N–H and O–H groups in total. The van der Waals surface area contributed by atoms with E-state index < -0.39 is 26.3 Å². The Hall–Kier alpha value is -2.05. The number of thioether (sulfide) groups is 1. The Kier molecular flexibility index (Phi) is 42.8. The number of rotatable bonds is 21. The average molecular weight is 752 g/mol. The van der Waals surface area contributed by atoms with Gasteiger partial charge in [0.15, 0.2) is 0 Å². The first kappa shape index (κ1) is 56.3. The fourth-order valence-electron chi connectivity index (χ4n) is 2.79. The molecular formula is C29H55N5NaO12PS-2. The van der Waals surface area contributed by atoms with E-state index in [1.807, 2.05) is 34.6 Å². The van der Waals surface area contributed by atoms with Gasteiger partial charge in [-0.05, 0) is 12.3 Å². The molecule has 0 radical (unpaired) electrons. The van der Waals surface area contributed by atoms with Crippen LogP contribution in [0.25, 0.3) is 0 Å². The molecule has 0 bridgehead atoms. The second-order valence-electron chi connectivity index (χ2n) is 9.91. The van der Waals surface area contributed by atoms with Gasteiger partial charge in [-0.1, -0.05) is 34.6 Å². The first-order valence-electron chi connectivity index (χ1n) is 15.5. The van der Waals surface area contributed by atoms with Crippen molar-refractivity contribution in [3.05, 3.63) is 0 Å². The van der Waals surface area contributed by atoms with Crippen LogP contribution >= 0.6 is 19.6 Å². The molecule has 0 aliphatic heterocycles. The average Bonchev–Trinajstić information content (AvgIpc) is 3.03. The van der Waals surface area contributed by atoms with Crippen LogP contribution in [0.1, 0.15) is 79.6 Å². The van der Waals surface area contributed by atoms with E-state index in [0.29, 0.717) is 24.7 Å². The molecule has 5 amide bonds. The maximum Gasteiger partial charge on any atom is 1.00 e. The number of amides is 5. The van der Waals surface area contributed by atoms with Crippen molar-refractivity contribution in [3.8, 4) is 0 Å². The van der Waals surface area contributed by atoms with Crippen LogP contribution in [0, 0.1) is 11.8 Å². The Bertz CT molecular complexity index is 1000. The molecule has 0 saturated heterocycles. The van der Waals surface area contributed by atoms with E-state index >= 15 is 0 Å². The second kappa shape index (κ2) is 37.2. The summed E-state index contributed by atoms with van der Waals surface area (Å²) in [6.45, 7) is 10.1. The number of carbonyl (C=O) groups excluding carboxylic acids is 7. The predicted octanol–water partition coefficient (Wildman–Crippen LogP) is -4.62. The number of carbonyl (C=O) groups is 7. The first-order chi connectivity index (χ1) is 22.4. The number of phosphoric acid groups is 1. The van der Waals surface area contributed by atoms with E-state index in [9.17, 15) is 53.0 Å². The third-order valence-corrected chi connectivity index (χ3v) is 7.05. The minimum Gasteiger partial charge on any atom is -0.790 e. The largest absolute Gasteiger partial charge is 1.00 e. The van der Waals surface area contributed by atoms with Crippen LogP contribution in [0.3, 0.4) is 0 Å². The van der Waals surface area contributed by atoms with Crippen LogP contribution in [-0.4, -0.2) is 93.6 Å². The number of nitrogens with one attached hydrogen (secondary N) is 5. The van der Waals surface area contributed by atoms with Crippen molar-refractivity contribution in [2.45, 2.75) is 79.6 Å². The van der Waals surface area contributed by atoms with E-state index in [1.165, 1.54) is 14.1 Å². The number of Topliss-reactive ketones (excluding diaryl/α,β-unsaturated/α-hetero) is 1. The normalized spacial score (nSPS) is 10.4. The molecule has 0 aromatic heterocycles. The minimum absolute atomic E-state index is 0. The number of carboxylic acids is 1. The number of carboxylic acid groups (broad SMARTS) is 1. The monoisotopic (exact) mass is 751 g/mol. The fraction of sp³-hybridized carbons (Fsp3) is 0.759. The molecule has 1 unspecified atom stereocenters. The SMILES string of the molecule is CC.CNC(=O)CCC(=O)NCCOP(=O)([O-])[O-].CNC(=O)CCC(=O)NCCSCC(C)C(=O)CC(C)C.CNC(=O)CCC(=O)[O-].[Na+]. The van der Waals surface area contributed by atoms with Crippen LogP contribution in [-0.2, 0) is 42.7 Å². The Morgan fingerprint density at radius 2 is 1.08 bits per heavy atom. The molecule has 0 aromatic rings. The Morgan fingerprint density at radius 1 is 0.694 bits per heavy atom. The summed E-state index contributed by atoms with van der Waals surface area (Å²) < 4.78 is 13.9. The maximum absolute atomic E-state index is 11.8. The predicted molar refractivity (Wildman–Crippen MR) is 177 cm³/mol. The molecule has 0 rings (SSSR count). The summed E-state index contributed by atoms with van der Waals surface area (Å²) in [6.07, 6.45) is 0.900. The van der Waals surface area contributed by atoms with Gasteiger partial charge in [0.05, 0.1) is 14.4 Å². The zero-order valence-corrected chi connectivity index (χ0v) is 34.1. The van der Waals surface area contributed by atoms with Crippen LogP contribution in [0.5, 0.6) is 0 Å². The van der Waals surface area contributed by atoms with Crippen molar-refractivity contribution >= 4 is 60.9 Å². The number of aliphatic carboxylic acids is 1. The van der Waals surface area contributed by atoms with E-state index in [1.54, 1.807) is 18.8 Å². The zero-order valence-electron chi connectivity index (χ0n) is 30.4. The summed E-state index contributed by atoms with van der Waals surface area (Å²) in [7, 11) is -0.514. The Morgan fingerprint density at radius 3 is 1.45 bits per heavy atom. The van der Waals surface area contributed by atoms with Gasteiger partial charge < -0.3 is 55.4 Å². The summed E-state index contributed by atoms with van der Waals surface area (Å²) in [5, 5.41) is 21.9. The van der Waals surface area contributed by atoms with Crippen molar-refractivity contribution in [1.82, 2.24) is 26.6 Å². The zero-order chi connectivity index (χ0) is 38.1. The third-order valence-electron chi connectivity index (χ3n) is 5.32. The molecule has 282 valence electrons. The van der Waals surface area contributed by atoms with E-state index in [4.69, 9.17) is 0 Å². The quantitative estimate of drug-likeness (QED) is 0.0420. The maximum atomic E-state index is 11.8. The fourth-order valence-corrected chi connectivity index (χ4v) is 4.06. The summed E-state index contributed by atoms with van der Waals surface area (Å²) in [5.41, 5.74) is 0. The summed E-state index contributed by atoms with van der Waals surface area (Å²) in [6, 6.07) is 0. The molecule has 0 heterocycles. The molecule has 20 heteroatoms. The number of ketones is 1. The number of hydrogen-bond donors (Lipinski definition) is 5. The molecule has 0 spiro atoms. The van der Waals surface area contributed by atoms with Gasteiger partial charge >= 0.3 is 29.6 Å². The molecule has 1 atom stereocenters. The molecular weight excluding hydrogens is 696 g/mol. The van der Waals surface area contributed by atoms with Crippen molar-refractivity contribution in [2.24, 2.45) is 11.8 Å². The summed E-state index contributed by atoms with van der Waals surface area (Å²) in [5.74, 6) is -0.0326. The van der Waals surface area contributed by atoms with Gasteiger partial charge in [0, 0.05) is 96.2 Å². The van der Waals surface area contributed by atoms with Gasteiger partial charge in [0.2, 0.25) is 29.5 Å². The van der Waals surface area contributed by atoms with Gasteiger partial charge in [-0.2, -0.15) is 11.8 Å². The third kappa shape index (κ3) is 48.1. The summed E-state index contributed by atoms with van der Waals surface area (Å²) >= 11 is 1.67. The Balaban J connectivity index is -0.000000204. The Labute approximate surface area is 316 Å². The standard InChI is InChI=1S/C15H28N2O3S.C7H15N2O6P.C5H9NO3.C2H6.Na/c1-11(2)9-13(18)12(3)10-21-8-7-17-15(20)6-5-14(19)16-4;1-8-6(10)2-3-7(11)9-4-5-15-16(12,13)14;1-6-4(7)2-3-5(8)9;1-2;/h11-12H,5-10H2,1-4H3,(H,16,19)(H,17,20);2-5H2,1H3,(H,8,10)(H,9,11)(H2,12,13,14);2-3H2,1H3,(H,6,7)(H,8,9);1-2H3;/q;;;;+1/p-3. The van der Waals surface area contributed by atoms with Crippen molar-refractivity contribution in [1.29, 1.82) is 0 Å². The molecule has 0 aliphatic rings. The molecule has 17 nitrogen and oxygen atoms in total. The van der Waals surface area contributed by atoms with Gasteiger partial charge in [0.1, 0.15) is 5.78 Å². The second-order valence-corrected chi connectivity index (χ2v) is 12.2. The van der Waals surface area contributed by atoms with Crippen molar-refractivity contribution in [3.63, 3.8) is 0 Å². The van der Waals surface area contributed by atoms with Gasteiger partial charge in [0.25, 0.3) is 0 Å².